The molecule has 0 radical (unpaired) electrons. The Balaban J connectivity index is 1.25. The summed E-state index contributed by atoms with van der Waals surface area (Å²) in [6, 6.07) is 8.18. The molecule has 0 aliphatic carbocycles. The number of nitrogens with zero attached hydrogens (tertiary/aromatic N) is 5. The number of nitrogens with one attached hydrogen (secondary N) is 2. The zero-order valence-corrected chi connectivity index (χ0v) is 28.1. The molecule has 47 heavy (non-hydrogen) atoms. The van der Waals surface area contributed by atoms with Crippen molar-refractivity contribution in [1.29, 1.82) is 0 Å². The SMILES string of the molecule is CO/N=C(\C(=O)NC1C(=O)N2C(C(=O)O)=C(SCSc3cc(N)nc(N)n3)CSC12)c1nc(NC(=O)[C@@H](N)c2ccccc2)sc1Cl. The molecule has 3 amide bonds. The average Bonchev–Trinajstić information content (AvgIpc) is 3.40. The molecule has 3 aromatic rings. The number of halogens is 1. The number of fused-ring (bicyclic) bond motifs is 1. The van der Waals surface area contributed by atoms with Crippen LogP contribution in [0, 0.1) is 0 Å². The molecule has 2 unspecified atom stereocenters. The summed E-state index contributed by atoms with van der Waals surface area (Å²) in [5.41, 5.74) is 17.3. The van der Waals surface area contributed by atoms with Crippen molar-refractivity contribution < 1.29 is 29.1 Å². The zero-order valence-electron chi connectivity index (χ0n) is 24.1. The lowest BCUT2D eigenvalue weighted by Gasteiger charge is -2.49. The number of β-lactam (4-membered cyclic amide) rings is 1. The van der Waals surface area contributed by atoms with Gasteiger partial charge in [-0.05, 0) is 5.56 Å². The van der Waals surface area contributed by atoms with Gasteiger partial charge in [-0.2, -0.15) is 4.98 Å². The third-order valence-corrected chi connectivity index (χ3v) is 11.2. The van der Waals surface area contributed by atoms with Crippen LogP contribution in [-0.2, 0) is 24.0 Å². The topological polar surface area (TPSA) is 254 Å². The van der Waals surface area contributed by atoms with E-state index in [0.29, 0.717) is 20.6 Å². The Kier molecular flexibility index (Phi) is 10.8. The minimum absolute atomic E-state index is 0.0103. The Hall–Kier alpha value is -4.08. The molecule has 1 saturated heterocycles. The van der Waals surface area contributed by atoms with Crippen molar-refractivity contribution in [3.05, 3.63) is 62.6 Å². The number of hydrogen-bond acceptors (Lipinski definition) is 16. The van der Waals surface area contributed by atoms with Gasteiger partial charge in [0.15, 0.2) is 10.8 Å². The quantitative estimate of drug-likeness (QED) is 0.0388. The second-order valence-electron chi connectivity index (χ2n) is 9.48. The second-order valence-corrected chi connectivity index (χ2v) is 14.6. The fraction of sp³-hybridized carbons (Fsp3) is 0.231. The molecule has 0 spiro atoms. The van der Waals surface area contributed by atoms with E-state index in [2.05, 4.69) is 30.7 Å². The summed E-state index contributed by atoms with van der Waals surface area (Å²) in [6.45, 7) is 0. The summed E-state index contributed by atoms with van der Waals surface area (Å²) < 4.78 is 0.0103. The number of nitrogens with two attached hydrogens (primary N) is 3. The third kappa shape index (κ3) is 7.57. The number of thioether (sulfide) groups is 3. The summed E-state index contributed by atoms with van der Waals surface area (Å²) in [4.78, 5) is 70.2. The van der Waals surface area contributed by atoms with Crippen molar-refractivity contribution in [3.63, 3.8) is 0 Å². The first-order valence-corrected chi connectivity index (χ1v) is 17.5. The number of aliphatic carboxylic acids is 1. The molecule has 1 aromatic carbocycles. The minimum Gasteiger partial charge on any atom is -0.477 e. The molecule has 4 heterocycles. The number of carboxylic acids is 1. The van der Waals surface area contributed by atoms with Crippen LogP contribution in [0.3, 0.4) is 0 Å². The number of carboxylic acid groups (broad SMARTS) is 1. The van der Waals surface area contributed by atoms with E-state index in [1.165, 1.54) is 42.4 Å². The fourth-order valence-electron chi connectivity index (χ4n) is 4.39. The Morgan fingerprint density at radius 2 is 1.96 bits per heavy atom. The van der Waals surface area contributed by atoms with Crippen molar-refractivity contribution in [2.45, 2.75) is 22.5 Å². The molecule has 246 valence electrons. The third-order valence-electron chi connectivity index (χ3n) is 6.48. The van der Waals surface area contributed by atoms with Crippen molar-refractivity contribution in [2.75, 3.05) is 34.7 Å². The standard InChI is InChI=1S/C26H25ClN10O6S4/c1-43-36-16(15-19(27)47-26(34-15)35-20(38)14(29)10-5-3-2-4-6-10)21(39)33-17-22(40)37-18(24(41)42)11(8-44-23(17)37)45-9-46-13-7-12(28)31-25(30)32-13/h2-7,14,17,23H,8-9,29H2,1H3,(H,33,39)(H,41,42)(H,34,35,38)(H4,28,30,31,32)/b36-16-/t14-,17?,23?/m0/s1. The first-order chi connectivity index (χ1) is 22.5. The highest BCUT2D eigenvalue weighted by atomic mass is 35.5. The fourth-order valence-corrected chi connectivity index (χ4v) is 9.14. The maximum atomic E-state index is 13.4. The van der Waals surface area contributed by atoms with Gasteiger partial charge in [0.05, 0.1) is 0 Å². The first-order valence-electron chi connectivity index (χ1n) is 13.2. The highest BCUT2D eigenvalue weighted by Gasteiger charge is 2.54. The largest absolute Gasteiger partial charge is 0.477 e. The monoisotopic (exact) mass is 736 g/mol. The maximum Gasteiger partial charge on any atom is 0.353 e. The van der Waals surface area contributed by atoms with Crippen molar-refractivity contribution >= 4 is 105 Å². The molecule has 2 aliphatic heterocycles. The summed E-state index contributed by atoms with van der Waals surface area (Å²) in [7, 11) is 1.21. The minimum atomic E-state index is -1.28. The molecule has 1 fully saturated rings. The number of nitrogen functional groups attached to an aromatic ring is 2. The number of carbonyl (C=O) groups excluding carboxylic acids is 3. The molecule has 16 nitrogen and oxygen atoms in total. The normalized spacial score (nSPS) is 18.2. The van der Waals surface area contributed by atoms with E-state index in [-0.39, 0.29) is 44.1 Å². The molecular formula is C26H25ClN10O6S4. The molecule has 2 aliphatic rings. The van der Waals surface area contributed by atoms with Crippen LogP contribution >= 0.6 is 58.2 Å². The van der Waals surface area contributed by atoms with Crippen molar-refractivity contribution in [3.8, 4) is 0 Å². The second kappa shape index (κ2) is 14.8. The molecule has 2 aromatic heterocycles. The smallest absolute Gasteiger partial charge is 0.353 e. The van der Waals surface area contributed by atoms with E-state index in [0.717, 1.165) is 16.2 Å². The van der Waals surface area contributed by atoms with E-state index in [9.17, 15) is 24.3 Å². The van der Waals surface area contributed by atoms with E-state index in [1.807, 2.05) is 0 Å². The van der Waals surface area contributed by atoms with Gasteiger partial charge in [0, 0.05) is 21.8 Å². The van der Waals surface area contributed by atoms with Crippen molar-refractivity contribution in [2.24, 2.45) is 10.9 Å². The predicted octanol–water partition coefficient (Wildman–Crippen LogP) is 1.92. The highest BCUT2D eigenvalue weighted by molar-refractivity contribution is 8.18. The molecule has 5 rings (SSSR count). The number of hydrogen-bond donors (Lipinski definition) is 6. The summed E-state index contributed by atoms with van der Waals surface area (Å²) in [5, 5.41) is 19.2. The predicted molar refractivity (Wildman–Crippen MR) is 182 cm³/mol. The maximum absolute atomic E-state index is 13.4. The van der Waals surface area contributed by atoms with Gasteiger partial charge < -0.3 is 37.8 Å². The molecule has 3 atom stereocenters. The number of thiazole rings is 1. The van der Waals surface area contributed by atoms with Gasteiger partial charge in [0.1, 0.15) is 51.1 Å². The van der Waals surface area contributed by atoms with Crippen LogP contribution in [0.15, 0.2) is 57.2 Å². The number of carbonyl (C=O) groups is 4. The van der Waals surface area contributed by atoms with Gasteiger partial charge in [-0.25, -0.2) is 14.8 Å². The summed E-state index contributed by atoms with van der Waals surface area (Å²) in [6.07, 6.45) is 0. The van der Waals surface area contributed by atoms with Gasteiger partial charge in [-0.15, -0.1) is 23.5 Å². The molecule has 21 heteroatoms. The van der Waals surface area contributed by atoms with E-state index < -0.39 is 41.1 Å². The van der Waals surface area contributed by atoms with Gasteiger partial charge in [0.2, 0.25) is 11.9 Å². The number of oxime groups is 1. The number of benzene rings is 1. The van der Waals surface area contributed by atoms with Crippen LogP contribution in [0.2, 0.25) is 4.34 Å². The van der Waals surface area contributed by atoms with E-state index in [1.54, 1.807) is 36.4 Å². The highest BCUT2D eigenvalue weighted by Crippen LogP contribution is 2.44. The molecular weight excluding hydrogens is 712 g/mol. The Bertz CT molecular complexity index is 1770. The van der Waals surface area contributed by atoms with Crippen LogP contribution in [0.4, 0.5) is 16.9 Å². The number of anilines is 3. The molecule has 0 saturated carbocycles. The lowest BCUT2D eigenvalue weighted by Crippen LogP contribution is -2.71. The Morgan fingerprint density at radius 3 is 2.64 bits per heavy atom. The first kappa shape index (κ1) is 34.3. The lowest BCUT2D eigenvalue weighted by molar-refractivity contribution is -0.150. The van der Waals surface area contributed by atoms with Crippen LogP contribution in [0.1, 0.15) is 17.3 Å². The Labute approximate surface area is 288 Å². The number of aromatic nitrogens is 3. The van der Waals surface area contributed by atoms with Crippen LogP contribution in [-0.4, -0.2) is 83.7 Å². The molecule has 9 N–H and O–H groups in total. The summed E-state index contributed by atoms with van der Waals surface area (Å²) in [5.74, 6) is -2.82. The summed E-state index contributed by atoms with van der Waals surface area (Å²) >= 11 is 11.0. The van der Waals surface area contributed by atoms with Crippen molar-refractivity contribution in [1.82, 2.24) is 25.2 Å². The van der Waals surface area contributed by atoms with Gasteiger partial charge in [0.25, 0.3) is 11.8 Å². The molecule has 0 bridgehead atoms. The van der Waals surface area contributed by atoms with Gasteiger partial charge >= 0.3 is 5.97 Å². The van der Waals surface area contributed by atoms with Gasteiger partial charge in [-0.1, -0.05) is 70.2 Å². The average molecular weight is 737 g/mol. The van der Waals surface area contributed by atoms with Crippen LogP contribution < -0.4 is 27.8 Å². The van der Waals surface area contributed by atoms with Gasteiger partial charge in [-0.3, -0.25) is 19.3 Å². The van der Waals surface area contributed by atoms with E-state index >= 15 is 0 Å². The van der Waals surface area contributed by atoms with Crippen LogP contribution in [0.25, 0.3) is 0 Å². The van der Waals surface area contributed by atoms with Crippen LogP contribution in [0.5, 0.6) is 0 Å². The number of rotatable bonds is 12. The number of amides is 3. The van der Waals surface area contributed by atoms with E-state index in [4.69, 9.17) is 33.6 Å². The zero-order chi connectivity index (χ0) is 33.8. The lowest BCUT2D eigenvalue weighted by atomic mass is 10.0. The Morgan fingerprint density at radius 1 is 1.21 bits per heavy atom.